The molecule has 0 aliphatic heterocycles. The minimum Gasteiger partial charge on any atom is -0.454 e. The van der Waals surface area contributed by atoms with Gasteiger partial charge in [0.1, 0.15) is 0 Å². The molecule has 12 nitrogen and oxygen atoms in total. The van der Waals surface area contributed by atoms with Crippen molar-refractivity contribution in [1.82, 2.24) is 25.6 Å². The van der Waals surface area contributed by atoms with E-state index in [-0.39, 0.29) is 25.0 Å². The van der Waals surface area contributed by atoms with Crippen molar-refractivity contribution in [2.24, 2.45) is 5.41 Å². The van der Waals surface area contributed by atoms with Gasteiger partial charge >= 0.3 is 24.0 Å². The number of amides is 3. The molecule has 0 unspecified atom stereocenters. The Hall–Kier alpha value is -5.70. The van der Waals surface area contributed by atoms with Crippen LogP contribution in [0.15, 0.2) is 79.4 Å². The van der Waals surface area contributed by atoms with Crippen LogP contribution < -0.4 is 31.3 Å². The molecule has 0 saturated heterocycles. The van der Waals surface area contributed by atoms with Gasteiger partial charge in [-0.1, -0.05) is 62.4 Å². The van der Waals surface area contributed by atoms with Crippen molar-refractivity contribution in [2.45, 2.75) is 38.4 Å². The van der Waals surface area contributed by atoms with Gasteiger partial charge in [-0.25, -0.2) is 0 Å². The first kappa shape index (κ1) is 37.6. The van der Waals surface area contributed by atoms with Crippen molar-refractivity contribution >= 4 is 58.7 Å². The molecule has 1 aliphatic rings. The summed E-state index contributed by atoms with van der Waals surface area (Å²) in [6.07, 6.45) is -1.51. The highest BCUT2D eigenvalue weighted by atomic mass is 35.5. The van der Waals surface area contributed by atoms with E-state index in [1.807, 2.05) is 32.0 Å². The molecule has 1 aromatic heterocycles. The number of hydrogen-bond acceptors (Lipinski definition) is 9. The first-order valence-electron chi connectivity index (χ1n) is 16.1. The summed E-state index contributed by atoms with van der Waals surface area (Å²) in [6, 6.07) is 19.8. The lowest BCUT2D eigenvalue weighted by atomic mass is 9.93. The molecule has 3 amide bonds. The molecule has 4 aromatic rings. The third kappa shape index (κ3) is 10.7. The largest absolute Gasteiger partial charge is 0.454 e. The third-order valence-electron chi connectivity index (χ3n) is 7.92. The highest BCUT2D eigenvalue weighted by molar-refractivity contribution is 6.39. The van der Waals surface area contributed by atoms with Gasteiger partial charge in [0.2, 0.25) is 11.9 Å². The molecule has 5 N–H and O–H groups in total. The lowest BCUT2D eigenvalue weighted by Gasteiger charge is -2.25. The number of carbonyl (C=O) groups is 3. The molecule has 1 saturated carbocycles. The van der Waals surface area contributed by atoms with E-state index >= 15 is 0 Å². The number of hydrogen-bond donors (Lipinski definition) is 5. The van der Waals surface area contributed by atoms with Crippen molar-refractivity contribution in [2.75, 3.05) is 35.6 Å². The third-order valence-corrected chi connectivity index (χ3v) is 8.17. The fraction of sp³-hybridized carbons (Fsp3) is 0.278. The summed E-state index contributed by atoms with van der Waals surface area (Å²) >= 11 is 6.03. The molecule has 5 rings (SSSR count). The van der Waals surface area contributed by atoms with Crippen molar-refractivity contribution < 1.29 is 32.3 Å². The van der Waals surface area contributed by atoms with E-state index in [9.17, 15) is 27.6 Å². The van der Waals surface area contributed by atoms with E-state index in [4.69, 9.17) is 16.3 Å². The second-order valence-corrected chi connectivity index (χ2v) is 13.3. The van der Waals surface area contributed by atoms with E-state index in [1.165, 1.54) is 0 Å². The van der Waals surface area contributed by atoms with E-state index in [2.05, 4.69) is 48.1 Å². The maximum Gasteiger partial charge on any atom is 0.422 e. The van der Waals surface area contributed by atoms with Crippen molar-refractivity contribution in [3.63, 3.8) is 0 Å². The zero-order chi connectivity index (χ0) is 37.5. The van der Waals surface area contributed by atoms with Crippen LogP contribution in [-0.2, 0) is 15.1 Å². The number of anilines is 4. The number of aromatic nitrogens is 3. The molecule has 3 aromatic carbocycles. The smallest absolute Gasteiger partial charge is 0.422 e. The molecular formula is C36H36ClF3N8O4. The zero-order valence-electron chi connectivity index (χ0n) is 28.2. The minimum absolute atomic E-state index is 0.0101. The van der Waals surface area contributed by atoms with E-state index in [0.29, 0.717) is 22.0 Å². The maximum atomic E-state index is 12.9. The van der Waals surface area contributed by atoms with Gasteiger partial charge in [-0.3, -0.25) is 14.4 Å². The van der Waals surface area contributed by atoms with Gasteiger partial charge in [0.15, 0.2) is 6.61 Å². The van der Waals surface area contributed by atoms with Crippen molar-refractivity contribution in [1.29, 1.82) is 0 Å². The predicted molar refractivity (Wildman–Crippen MR) is 191 cm³/mol. The molecular weight excluding hydrogens is 701 g/mol. The van der Waals surface area contributed by atoms with Crippen LogP contribution in [0, 0.1) is 5.41 Å². The van der Waals surface area contributed by atoms with Crippen molar-refractivity contribution in [3.05, 3.63) is 101 Å². The summed E-state index contributed by atoms with van der Waals surface area (Å²) in [5.74, 6) is -2.11. The zero-order valence-corrected chi connectivity index (χ0v) is 29.0. The Labute approximate surface area is 302 Å². The Morgan fingerprint density at radius 1 is 0.885 bits per heavy atom. The van der Waals surface area contributed by atoms with Crippen LogP contribution in [0.3, 0.4) is 0 Å². The quantitative estimate of drug-likeness (QED) is 0.0916. The Morgan fingerprint density at radius 3 is 2.21 bits per heavy atom. The van der Waals surface area contributed by atoms with Gasteiger partial charge in [-0.05, 0) is 77.9 Å². The molecule has 52 heavy (non-hydrogen) atoms. The van der Waals surface area contributed by atoms with Crippen LogP contribution in [0.25, 0.3) is 6.08 Å². The second kappa shape index (κ2) is 15.7. The second-order valence-electron chi connectivity index (χ2n) is 12.9. The number of benzene rings is 3. The van der Waals surface area contributed by atoms with Crippen LogP contribution in [0.4, 0.5) is 36.4 Å². The van der Waals surface area contributed by atoms with E-state index < -0.39 is 47.5 Å². The number of ether oxygens (including phenoxy) is 1. The SMILES string of the molecule is C=Cc1cccc(NC(=O)C(=O)NCC(C)(C)CNC(=O)c2ccc(Nc3nc(NC4(c5ccc(Cl)cc5)CC4)nc(OCC(F)(F)F)n3)cc2)c1. The molecule has 1 aliphatic carbocycles. The summed E-state index contributed by atoms with van der Waals surface area (Å²) in [7, 11) is 0. The molecule has 1 fully saturated rings. The molecule has 0 spiro atoms. The molecule has 272 valence electrons. The average Bonchev–Trinajstić information content (AvgIpc) is 3.89. The molecule has 0 radical (unpaired) electrons. The maximum absolute atomic E-state index is 12.9. The van der Waals surface area contributed by atoms with E-state index in [0.717, 1.165) is 24.0 Å². The summed E-state index contributed by atoms with van der Waals surface area (Å²) < 4.78 is 43.6. The van der Waals surface area contributed by atoms with E-state index in [1.54, 1.807) is 60.7 Å². The Morgan fingerprint density at radius 2 is 1.56 bits per heavy atom. The number of halogens is 4. The Kier molecular flexibility index (Phi) is 11.3. The monoisotopic (exact) mass is 736 g/mol. The fourth-order valence-electron chi connectivity index (χ4n) is 4.92. The van der Waals surface area contributed by atoms with Gasteiger partial charge in [0.05, 0.1) is 5.54 Å². The number of carbonyl (C=O) groups excluding carboxylic acids is 3. The average molecular weight is 737 g/mol. The molecule has 0 bridgehead atoms. The number of rotatable bonds is 14. The molecule has 1 heterocycles. The predicted octanol–water partition coefficient (Wildman–Crippen LogP) is 6.46. The van der Waals surface area contributed by atoms with Crippen LogP contribution in [0.5, 0.6) is 6.01 Å². The number of nitrogens with zero attached hydrogens (tertiary/aromatic N) is 3. The summed E-state index contributed by atoms with van der Waals surface area (Å²) in [5, 5.41) is 14.7. The van der Waals surface area contributed by atoms with Gasteiger partial charge in [0, 0.05) is 35.1 Å². The van der Waals surface area contributed by atoms with Crippen LogP contribution in [0.1, 0.15) is 48.2 Å². The Balaban J connectivity index is 1.17. The van der Waals surface area contributed by atoms with Crippen LogP contribution >= 0.6 is 11.6 Å². The van der Waals surface area contributed by atoms with Gasteiger partial charge in [-0.15, -0.1) is 0 Å². The summed E-state index contributed by atoms with van der Waals surface area (Å²) in [5.41, 5.74) is 1.78. The van der Waals surface area contributed by atoms with Crippen molar-refractivity contribution in [3.8, 4) is 6.01 Å². The first-order chi connectivity index (χ1) is 24.6. The lowest BCUT2D eigenvalue weighted by molar-refractivity contribution is -0.154. The normalized spacial score (nSPS) is 13.3. The van der Waals surface area contributed by atoms with Gasteiger partial charge in [0.25, 0.3) is 5.91 Å². The standard InChI is InChI=1S/C36H36ClF3N8O4/c1-4-22-6-5-7-27(18-22)43-30(51)29(50)42-20-34(2,3)19-41-28(49)23-8-14-26(15-9-23)44-31-45-32(47-33(46-31)52-21-36(38,39)40)48-35(16-17-35)24-10-12-25(37)13-11-24/h4-15,18H,1,16-17,19-21H2,2-3H3,(H,41,49)(H,42,50)(H,43,51)(H2,44,45,46,47,48). The van der Waals surface area contributed by atoms with Crippen LogP contribution in [-0.4, -0.2) is 58.5 Å². The molecule has 0 atom stereocenters. The van der Waals surface area contributed by atoms with Gasteiger partial charge in [-0.2, -0.15) is 28.1 Å². The highest BCUT2D eigenvalue weighted by Gasteiger charge is 2.45. The fourth-order valence-corrected chi connectivity index (χ4v) is 5.05. The first-order valence-corrected chi connectivity index (χ1v) is 16.5. The highest BCUT2D eigenvalue weighted by Crippen LogP contribution is 2.48. The number of alkyl halides is 3. The Bertz CT molecular complexity index is 1940. The number of nitrogens with one attached hydrogen (secondary N) is 5. The van der Waals surface area contributed by atoms with Gasteiger partial charge < -0.3 is 31.3 Å². The molecule has 16 heteroatoms. The van der Waals surface area contributed by atoms with Crippen LogP contribution in [0.2, 0.25) is 5.02 Å². The minimum atomic E-state index is -4.61. The lowest BCUT2D eigenvalue weighted by Crippen LogP contribution is -2.44. The topological polar surface area (TPSA) is 159 Å². The summed E-state index contributed by atoms with van der Waals surface area (Å²) in [6.45, 7) is 6.00. The summed E-state index contributed by atoms with van der Waals surface area (Å²) in [4.78, 5) is 50.1.